The predicted octanol–water partition coefficient (Wildman–Crippen LogP) is 1.71. The van der Waals surface area contributed by atoms with Crippen LogP contribution in [0.2, 0.25) is 0 Å². The lowest BCUT2D eigenvalue weighted by molar-refractivity contribution is 0.417. The number of methoxy groups -OCH3 is 1. The van der Waals surface area contributed by atoms with Gasteiger partial charge in [-0.3, -0.25) is 0 Å². The molecule has 0 radical (unpaired) electrons. The van der Waals surface area contributed by atoms with Crippen molar-refractivity contribution in [1.82, 2.24) is 0 Å². The van der Waals surface area contributed by atoms with Gasteiger partial charge in [0.15, 0.2) is 0 Å². The van der Waals surface area contributed by atoms with Crippen molar-refractivity contribution in [3.05, 3.63) is 18.2 Å². The van der Waals surface area contributed by atoms with Crippen LogP contribution in [0.15, 0.2) is 18.2 Å². The summed E-state index contributed by atoms with van der Waals surface area (Å²) in [5.74, 6) is 0.789. The summed E-state index contributed by atoms with van der Waals surface area (Å²) < 4.78 is 5.14. The normalized spacial score (nSPS) is 9.50. The molecule has 0 aromatic heterocycles. The van der Waals surface area contributed by atoms with Gasteiger partial charge in [0, 0.05) is 18.3 Å². The lowest BCUT2D eigenvalue weighted by Gasteiger charge is -2.09. The molecule has 0 heterocycles. The summed E-state index contributed by atoms with van der Waals surface area (Å²) in [5.41, 5.74) is 7.29. The topological polar surface area (TPSA) is 47.3 Å². The van der Waals surface area contributed by atoms with Gasteiger partial charge in [-0.1, -0.05) is 0 Å². The van der Waals surface area contributed by atoms with E-state index in [0.717, 1.165) is 18.0 Å². The van der Waals surface area contributed by atoms with E-state index in [1.807, 2.05) is 19.1 Å². The van der Waals surface area contributed by atoms with Crippen molar-refractivity contribution in [2.45, 2.75) is 6.92 Å². The van der Waals surface area contributed by atoms with Crippen LogP contribution >= 0.6 is 0 Å². The van der Waals surface area contributed by atoms with Crippen molar-refractivity contribution >= 4 is 11.4 Å². The van der Waals surface area contributed by atoms with Crippen LogP contribution in [0.25, 0.3) is 0 Å². The Labute approximate surface area is 72.5 Å². The second-order valence-electron chi connectivity index (χ2n) is 2.49. The van der Waals surface area contributed by atoms with Crippen LogP contribution in [0.5, 0.6) is 5.75 Å². The maximum absolute atomic E-state index is 5.59. The third kappa shape index (κ3) is 1.81. The van der Waals surface area contributed by atoms with Gasteiger partial charge in [0.1, 0.15) is 5.75 Å². The fourth-order valence-corrected chi connectivity index (χ4v) is 1.04. The smallest absolute Gasteiger partial charge is 0.143 e. The molecule has 0 unspecified atom stereocenters. The minimum Gasteiger partial charge on any atom is -0.495 e. The molecular formula is C9H14N2O. The molecule has 0 saturated heterocycles. The Bertz CT molecular complexity index is 261. The van der Waals surface area contributed by atoms with Gasteiger partial charge in [0.25, 0.3) is 0 Å². The first-order valence-electron chi connectivity index (χ1n) is 3.95. The summed E-state index contributed by atoms with van der Waals surface area (Å²) >= 11 is 0. The molecule has 1 aromatic carbocycles. The summed E-state index contributed by atoms with van der Waals surface area (Å²) in [6, 6.07) is 5.57. The summed E-state index contributed by atoms with van der Waals surface area (Å²) in [7, 11) is 1.63. The number of hydrogen-bond acceptors (Lipinski definition) is 3. The van der Waals surface area contributed by atoms with Gasteiger partial charge in [-0.15, -0.1) is 0 Å². The van der Waals surface area contributed by atoms with Crippen molar-refractivity contribution in [1.29, 1.82) is 0 Å². The number of nitrogens with two attached hydrogens (primary N) is 1. The van der Waals surface area contributed by atoms with Crippen LogP contribution in [0, 0.1) is 0 Å². The van der Waals surface area contributed by atoms with Gasteiger partial charge in [0.05, 0.1) is 12.8 Å². The number of nitrogen functional groups attached to an aromatic ring is 1. The predicted molar refractivity (Wildman–Crippen MR) is 51.6 cm³/mol. The van der Waals surface area contributed by atoms with E-state index in [4.69, 9.17) is 10.5 Å². The van der Waals surface area contributed by atoms with Crippen molar-refractivity contribution in [3.63, 3.8) is 0 Å². The largest absolute Gasteiger partial charge is 0.495 e. The zero-order valence-corrected chi connectivity index (χ0v) is 7.42. The number of nitrogens with one attached hydrogen (secondary N) is 1. The number of rotatable bonds is 3. The molecule has 0 aliphatic carbocycles. The molecular weight excluding hydrogens is 152 g/mol. The van der Waals surface area contributed by atoms with Crippen LogP contribution in [-0.4, -0.2) is 13.7 Å². The first-order valence-corrected chi connectivity index (χ1v) is 3.95. The van der Waals surface area contributed by atoms with Gasteiger partial charge < -0.3 is 15.8 Å². The maximum atomic E-state index is 5.59. The van der Waals surface area contributed by atoms with Crippen LogP contribution < -0.4 is 15.8 Å². The highest BCUT2D eigenvalue weighted by Crippen LogP contribution is 2.25. The van der Waals surface area contributed by atoms with E-state index in [-0.39, 0.29) is 0 Å². The van der Waals surface area contributed by atoms with Crippen LogP contribution in [0.4, 0.5) is 11.4 Å². The zero-order valence-electron chi connectivity index (χ0n) is 7.42. The Kier molecular flexibility index (Phi) is 2.80. The standard InChI is InChI=1S/C9H14N2O/c1-3-11-8-5-4-7(10)6-9(8)12-2/h4-6,11H,3,10H2,1-2H3. The van der Waals surface area contributed by atoms with Gasteiger partial charge in [-0.05, 0) is 19.1 Å². The Morgan fingerprint density at radius 2 is 2.25 bits per heavy atom. The van der Waals surface area contributed by atoms with E-state index in [0.29, 0.717) is 5.69 Å². The minimum absolute atomic E-state index is 0.716. The van der Waals surface area contributed by atoms with Crippen LogP contribution in [0.1, 0.15) is 6.92 Å². The van der Waals surface area contributed by atoms with E-state index < -0.39 is 0 Å². The van der Waals surface area contributed by atoms with E-state index in [9.17, 15) is 0 Å². The molecule has 1 rings (SSSR count). The molecule has 0 aliphatic heterocycles. The van der Waals surface area contributed by atoms with Crippen molar-refractivity contribution in [3.8, 4) is 5.75 Å². The Morgan fingerprint density at radius 1 is 1.50 bits per heavy atom. The second kappa shape index (κ2) is 3.85. The number of hydrogen-bond donors (Lipinski definition) is 2. The van der Waals surface area contributed by atoms with Crippen LogP contribution in [0.3, 0.4) is 0 Å². The lowest BCUT2D eigenvalue weighted by Crippen LogP contribution is -1.99. The van der Waals surface area contributed by atoms with Crippen LogP contribution in [-0.2, 0) is 0 Å². The summed E-state index contributed by atoms with van der Waals surface area (Å²) in [4.78, 5) is 0. The molecule has 0 amide bonds. The Hall–Kier alpha value is -1.38. The van der Waals surface area contributed by atoms with Crippen molar-refractivity contribution < 1.29 is 4.74 Å². The van der Waals surface area contributed by atoms with E-state index in [2.05, 4.69) is 5.32 Å². The molecule has 1 aromatic rings. The van der Waals surface area contributed by atoms with Crippen molar-refractivity contribution in [2.75, 3.05) is 24.7 Å². The first-order chi connectivity index (χ1) is 5.77. The highest BCUT2D eigenvalue weighted by atomic mass is 16.5. The number of ether oxygens (including phenoxy) is 1. The highest BCUT2D eigenvalue weighted by Gasteiger charge is 2.00. The van der Waals surface area contributed by atoms with Crippen molar-refractivity contribution in [2.24, 2.45) is 0 Å². The SMILES string of the molecule is CCNc1ccc(N)cc1OC. The fraction of sp³-hybridized carbons (Fsp3) is 0.333. The van der Waals surface area contributed by atoms with E-state index in [1.54, 1.807) is 13.2 Å². The molecule has 0 spiro atoms. The summed E-state index contributed by atoms with van der Waals surface area (Å²) in [5, 5.41) is 3.17. The molecule has 0 atom stereocenters. The summed E-state index contributed by atoms with van der Waals surface area (Å²) in [6.45, 7) is 2.91. The molecule has 0 bridgehead atoms. The Morgan fingerprint density at radius 3 is 2.83 bits per heavy atom. The zero-order chi connectivity index (χ0) is 8.97. The highest BCUT2D eigenvalue weighted by molar-refractivity contribution is 5.62. The fourth-order valence-electron chi connectivity index (χ4n) is 1.04. The quantitative estimate of drug-likeness (QED) is 0.672. The maximum Gasteiger partial charge on any atom is 0.143 e. The van der Waals surface area contributed by atoms with Gasteiger partial charge in [-0.25, -0.2) is 0 Å². The third-order valence-electron chi connectivity index (χ3n) is 1.59. The molecule has 3 heteroatoms. The van der Waals surface area contributed by atoms with Gasteiger partial charge >= 0.3 is 0 Å². The Balaban J connectivity index is 2.94. The average molecular weight is 166 g/mol. The molecule has 3 N–H and O–H groups in total. The number of anilines is 2. The molecule has 3 nitrogen and oxygen atoms in total. The molecule has 0 fully saturated rings. The molecule has 66 valence electrons. The van der Waals surface area contributed by atoms with E-state index >= 15 is 0 Å². The summed E-state index contributed by atoms with van der Waals surface area (Å²) in [6.07, 6.45) is 0. The number of benzene rings is 1. The molecule has 0 aliphatic rings. The van der Waals surface area contributed by atoms with Gasteiger partial charge in [0.2, 0.25) is 0 Å². The molecule has 12 heavy (non-hydrogen) atoms. The molecule has 0 saturated carbocycles. The lowest BCUT2D eigenvalue weighted by atomic mass is 10.2. The average Bonchev–Trinajstić information content (AvgIpc) is 2.08. The second-order valence-corrected chi connectivity index (χ2v) is 2.49. The monoisotopic (exact) mass is 166 g/mol. The van der Waals surface area contributed by atoms with E-state index in [1.165, 1.54) is 0 Å². The first kappa shape index (κ1) is 8.71. The van der Waals surface area contributed by atoms with Gasteiger partial charge in [-0.2, -0.15) is 0 Å². The third-order valence-corrected chi connectivity index (χ3v) is 1.59. The minimum atomic E-state index is 0.716.